The van der Waals surface area contributed by atoms with Gasteiger partial charge in [-0.1, -0.05) is 6.92 Å². The Balaban J connectivity index is 2.32. The van der Waals surface area contributed by atoms with Crippen molar-refractivity contribution in [3.05, 3.63) is 29.8 Å². The highest BCUT2D eigenvalue weighted by atomic mass is 16.5. The number of nitrogens with two attached hydrogens (primary N) is 1. The molecular formula is C14H22N4O3. The Morgan fingerprint density at radius 1 is 1.24 bits per heavy atom. The monoisotopic (exact) mass is 294 g/mol. The van der Waals surface area contributed by atoms with Crippen LogP contribution in [0.15, 0.2) is 24.3 Å². The number of hydrogen-bond donors (Lipinski definition) is 4. The van der Waals surface area contributed by atoms with Crippen molar-refractivity contribution in [2.75, 3.05) is 31.9 Å². The highest BCUT2D eigenvalue weighted by Crippen LogP contribution is 2.04. The molecule has 0 bridgehead atoms. The molecule has 7 heteroatoms. The molecule has 0 radical (unpaired) electrons. The first-order valence-corrected chi connectivity index (χ1v) is 6.85. The maximum atomic E-state index is 11.9. The summed E-state index contributed by atoms with van der Waals surface area (Å²) in [6.45, 7) is 4.38. The minimum Gasteiger partial charge on any atom is -0.399 e. The van der Waals surface area contributed by atoms with E-state index in [1.54, 1.807) is 29.7 Å². The molecule has 116 valence electrons. The van der Waals surface area contributed by atoms with Crippen molar-refractivity contribution in [1.29, 1.82) is 0 Å². The molecule has 21 heavy (non-hydrogen) atoms. The molecule has 2 amide bonds. The normalized spacial score (nSPS) is 10.4. The summed E-state index contributed by atoms with van der Waals surface area (Å²) in [7, 11) is 0. The van der Waals surface area contributed by atoms with Crippen molar-refractivity contribution >= 4 is 17.5 Å². The Labute approximate surface area is 124 Å². The molecule has 1 aromatic rings. The fraction of sp³-hybridized carbons (Fsp3) is 0.429. The molecule has 0 spiro atoms. The standard InChI is InChI=1S/C14H22N4O3/c1-2-18(9-7-13(19)17-21)10-8-16-14(20)11-3-5-12(15)6-4-11/h3-6,21H,2,7-10,15H2,1H3,(H,16,20)(H,17,19). The molecule has 1 aromatic carbocycles. The Morgan fingerprint density at radius 3 is 2.48 bits per heavy atom. The lowest BCUT2D eigenvalue weighted by molar-refractivity contribution is -0.129. The number of benzene rings is 1. The number of carbonyl (C=O) groups excluding carboxylic acids is 2. The second-order valence-corrected chi connectivity index (χ2v) is 4.60. The zero-order chi connectivity index (χ0) is 15.7. The van der Waals surface area contributed by atoms with Crippen LogP contribution < -0.4 is 16.5 Å². The SMILES string of the molecule is CCN(CCNC(=O)c1ccc(N)cc1)CCC(=O)NO. The Morgan fingerprint density at radius 2 is 1.90 bits per heavy atom. The van der Waals surface area contributed by atoms with Gasteiger partial charge in [-0.3, -0.25) is 14.8 Å². The van der Waals surface area contributed by atoms with Crippen molar-refractivity contribution in [1.82, 2.24) is 15.7 Å². The van der Waals surface area contributed by atoms with Gasteiger partial charge in [-0.05, 0) is 30.8 Å². The molecule has 0 aliphatic carbocycles. The third kappa shape index (κ3) is 6.24. The summed E-state index contributed by atoms with van der Waals surface area (Å²) in [6.07, 6.45) is 0.219. The number of carbonyl (C=O) groups is 2. The van der Waals surface area contributed by atoms with Gasteiger partial charge in [0.1, 0.15) is 0 Å². The predicted molar refractivity (Wildman–Crippen MR) is 79.8 cm³/mol. The van der Waals surface area contributed by atoms with Crippen LogP contribution in [0.4, 0.5) is 5.69 Å². The molecule has 0 saturated heterocycles. The largest absolute Gasteiger partial charge is 0.399 e. The maximum Gasteiger partial charge on any atom is 0.251 e. The van der Waals surface area contributed by atoms with Gasteiger partial charge in [0, 0.05) is 37.3 Å². The molecule has 0 aliphatic heterocycles. The lowest BCUT2D eigenvalue weighted by atomic mass is 10.2. The van der Waals surface area contributed by atoms with Gasteiger partial charge < -0.3 is 16.0 Å². The third-order valence-electron chi connectivity index (χ3n) is 3.11. The predicted octanol–water partition coefficient (Wildman–Crippen LogP) is 0.216. The second-order valence-electron chi connectivity index (χ2n) is 4.60. The van der Waals surface area contributed by atoms with Gasteiger partial charge in [-0.25, -0.2) is 5.48 Å². The van der Waals surface area contributed by atoms with Gasteiger partial charge >= 0.3 is 0 Å². The van der Waals surface area contributed by atoms with Gasteiger partial charge in [0.05, 0.1) is 0 Å². The number of hydroxylamine groups is 1. The van der Waals surface area contributed by atoms with Crippen molar-refractivity contribution in [2.45, 2.75) is 13.3 Å². The molecule has 0 fully saturated rings. The summed E-state index contributed by atoms with van der Waals surface area (Å²) in [6, 6.07) is 6.71. The van der Waals surface area contributed by atoms with Gasteiger partial charge in [0.2, 0.25) is 5.91 Å². The number of nitrogens with one attached hydrogen (secondary N) is 2. The number of rotatable bonds is 8. The lowest BCUT2D eigenvalue weighted by Gasteiger charge is -2.19. The summed E-state index contributed by atoms with van der Waals surface area (Å²) >= 11 is 0. The maximum absolute atomic E-state index is 11.9. The molecule has 0 heterocycles. The van der Waals surface area contributed by atoms with Gasteiger partial charge in [0.25, 0.3) is 5.91 Å². The van der Waals surface area contributed by atoms with Crippen LogP contribution in [0.2, 0.25) is 0 Å². The smallest absolute Gasteiger partial charge is 0.251 e. The van der Waals surface area contributed by atoms with E-state index >= 15 is 0 Å². The molecular weight excluding hydrogens is 272 g/mol. The average Bonchev–Trinajstić information content (AvgIpc) is 2.50. The summed E-state index contributed by atoms with van der Waals surface area (Å²) in [5, 5.41) is 11.2. The van der Waals surface area contributed by atoms with E-state index in [0.717, 1.165) is 6.54 Å². The Kier molecular flexibility index (Phi) is 7.20. The number of hydrogen-bond acceptors (Lipinski definition) is 5. The molecule has 0 unspecified atom stereocenters. The van der Waals surface area contributed by atoms with Crippen LogP contribution in [0.5, 0.6) is 0 Å². The van der Waals surface area contributed by atoms with Crippen LogP contribution in [0.3, 0.4) is 0 Å². The van der Waals surface area contributed by atoms with E-state index in [1.165, 1.54) is 0 Å². The highest BCUT2D eigenvalue weighted by Gasteiger charge is 2.08. The van der Waals surface area contributed by atoms with Crippen LogP contribution in [0.25, 0.3) is 0 Å². The van der Waals surface area contributed by atoms with E-state index in [9.17, 15) is 9.59 Å². The molecule has 5 N–H and O–H groups in total. The molecule has 0 aliphatic rings. The minimum absolute atomic E-state index is 0.154. The average molecular weight is 294 g/mol. The molecule has 0 aromatic heterocycles. The first-order valence-electron chi connectivity index (χ1n) is 6.85. The van der Waals surface area contributed by atoms with Crippen LogP contribution in [-0.4, -0.2) is 48.1 Å². The molecule has 0 saturated carbocycles. The topological polar surface area (TPSA) is 108 Å². The molecule has 7 nitrogen and oxygen atoms in total. The van der Waals surface area contributed by atoms with Crippen molar-refractivity contribution in [2.24, 2.45) is 0 Å². The fourth-order valence-corrected chi connectivity index (χ4v) is 1.81. The van der Waals surface area contributed by atoms with Gasteiger partial charge in [-0.15, -0.1) is 0 Å². The third-order valence-corrected chi connectivity index (χ3v) is 3.11. The van der Waals surface area contributed by atoms with E-state index in [-0.39, 0.29) is 12.3 Å². The summed E-state index contributed by atoms with van der Waals surface area (Å²) in [5.41, 5.74) is 8.34. The van der Waals surface area contributed by atoms with E-state index in [1.807, 2.05) is 11.8 Å². The summed E-state index contributed by atoms with van der Waals surface area (Å²) in [5.74, 6) is -0.571. The quantitative estimate of drug-likeness (QED) is 0.311. The number of anilines is 1. The first-order chi connectivity index (χ1) is 10.1. The molecule has 1 rings (SSSR count). The number of amides is 2. The van der Waals surface area contributed by atoms with Gasteiger partial charge in [-0.2, -0.15) is 0 Å². The number of likely N-dealkylation sites (N-methyl/N-ethyl adjacent to an activating group) is 1. The fourth-order valence-electron chi connectivity index (χ4n) is 1.81. The van der Waals surface area contributed by atoms with Crippen LogP contribution in [0.1, 0.15) is 23.7 Å². The highest BCUT2D eigenvalue weighted by molar-refractivity contribution is 5.94. The van der Waals surface area contributed by atoms with Crippen molar-refractivity contribution in [3.8, 4) is 0 Å². The minimum atomic E-state index is -0.417. The summed E-state index contributed by atoms with van der Waals surface area (Å²) < 4.78 is 0. The summed E-state index contributed by atoms with van der Waals surface area (Å²) in [4.78, 5) is 24.8. The van der Waals surface area contributed by atoms with E-state index in [2.05, 4.69) is 5.32 Å². The van der Waals surface area contributed by atoms with E-state index in [0.29, 0.717) is 30.9 Å². The van der Waals surface area contributed by atoms with Crippen LogP contribution in [0, 0.1) is 0 Å². The van der Waals surface area contributed by atoms with Crippen LogP contribution >= 0.6 is 0 Å². The van der Waals surface area contributed by atoms with Gasteiger partial charge in [0.15, 0.2) is 0 Å². The first kappa shape index (κ1) is 16.9. The zero-order valence-corrected chi connectivity index (χ0v) is 12.1. The van der Waals surface area contributed by atoms with Crippen LogP contribution in [-0.2, 0) is 4.79 Å². The van der Waals surface area contributed by atoms with E-state index < -0.39 is 5.91 Å². The number of nitrogen functional groups attached to an aromatic ring is 1. The Bertz CT molecular complexity index is 462. The van der Waals surface area contributed by atoms with Crippen molar-refractivity contribution < 1.29 is 14.8 Å². The molecule has 0 atom stereocenters. The lowest BCUT2D eigenvalue weighted by Crippen LogP contribution is -2.36. The Hall–Kier alpha value is -2.12. The number of nitrogens with zero attached hydrogens (tertiary/aromatic N) is 1. The van der Waals surface area contributed by atoms with E-state index in [4.69, 9.17) is 10.9 Å². The second kappa shape index (κ2) is 8.93. The zero-order valence-electron chi connectivity index (χ0n) is 12.1. The van der Waals surface area contributed by atoms with Crippen molar-refractivity contribution in [3.63, 3.8) is 0 Å².